The van der Waals surface area contributed by atoms with Crippen LogP contribution in [0.2, 0.25) is 0 Å². The average molecular weight is 197 g/mol. The van der Waals surface area contributed by atoms with Gasteiger partial charge in [-0.1, -0.05) is 0 Å². The van der Waals surface area contributed by atoms with Gasteiger partial charge in [0.2, 0.25) is 5.91 Å². The van der Waals surface area contributed by atoms with Crippen LogP contribution < -0.4 is 10.1 Å². The van der Waals surface area contributed by atoms with Crippen molar-refractivity contribution in [3.8, 4) is 11.5 Å². The molecular weight excluding hydrogens is 182 g/mol. The Morgan fingerprint density at radius 1 is 1.36 bits per heavy atom. The second kappa shape index (κ2) is 6.77. The van der Waals surface area contributed by atoms with E-state index in [9.17, 15) is 4.79 Å². The molecule has 2 N–H and O–H groups in total. The zero-order chi connectivity index (χ0) is 11.0. The lowest BCUT2D eigenvalue weighted by Gasteiger charge is -1.96. The van der Waals surface area contributed by atoms with E-state index in [-0.39, 0.29) is 11.7 Å². The highest BCUT2D eigenvalue weighted by Crippen LogP contribution is 2.14. The lowest BCUT2D eigenvalue weighted by molar-refractivity contribution is -0.118. The fourth-order valence-electron chi connectivity index (χ4n) is 0.582. The fourth-order valence-corrected chi connectivity index (χ4v) is 0.582. The minimum absolute atomic E-state index is 0.00463. The van der Waals surface area contributed by atoms with Gasteiger partial charge in [0.1, 0.15) is 11.5 Å². The molecule has 1 aromatic rings. The summed E-state index contributed by atoms with van der Waals surface area (Å²) in [6.45, 7) is 1.47. The minimum Gasteiger partial charge on any atom is -0.508 e. The van der Waals surface area contributed by atoms with Crippen LogP contribution in [-0.4, -0.2) is 25.2 Å². The van der Waals surface area contributed by atoms with Crippen LogP contribution in [0.3, 0.4) is 0 Å². The van der Waals surface area contributed by atoms with Gasteiger partial charge < -0.3 is 15.2 Å². The topological polar surface area (TPSA) is 58.6 Å². The van der Waals surface area contributed by atoms with Crippen molar-refractivity contribution in [2.45, 2.75) is 6.92 Å². The highest BCUT2D eigenvalue weighted by Gasteiger charge is 1.87. The minimum atomic E-state index is 0.00463. The average Bonchev–Trinajstić information content (AvgIpc) is 2.20. The van der Waals surface area contributed by atoms with Crippen molar-refractivity contribution in [2.24, 2.45) is 0 Å². The first-order chi connectivity index (χ1) is 6.60. The van der Waals surface area contributed by atoms with E-state index in [0.717, 1.165) is 5.75 Å². The normalized spacial score (nSPS) is 8.21. The second-order valence-electron chi connectivity index (χ2n) is 2.50. The number of carbonyl (C=O) groups is 1. The summed E-state index contributed by atoms with van der Waals surface area (Å²) >= 11 is 0. The predicted octanol–water partition coefficient (Wildman–Crippen LogP) is 1.15. The number of hydrogen-bond acceptors (Lipinski definition) is 3. The summed E-state index contributed by atoms with van der Waals surface area (Å²) in [4.78, 5) is 9.70. The Balaban J connectivity index is 0.000000292. The van der Waals surface area contributed by atoms with E-state index >= 15 is 0 Å². The molecule has 0 saturated carbocycles. The number of benzene rings is 1. The molecule has 0 heterocycles. The van der Waals surface area contributed by atoms with Crippen LogP contribution in [0.25, 0.3) is 0 Å². The van der Waals surface area contributed by atoms with Crippen molar-refractivity contribution in [1.29, 1.82) is 0 Å². The maximum absolute atomic E-state index is 9.70. The molecule has 0 fully saturated rings. The largest absolute Gasteiger partial charge is 0.508 e. The summed E-state index contributed by atoms with van der Waals surface area (Å²) in [6.07, 6.45) is 0. The number of phenolic OH excluding ortho intramolecular Hbond substituents is 1. The number of methoxy groups -OCH3 is 1. The monoisotopic (exact) mass is 197 g/mol. The Kier molecular flexibility index (Phi) is 5.94. The molecule has 0 saturated heterocycles. The first-order valence-corrected chi connectivity index (χ1v) is 4.11. The lowest BCUT2D eigenvalue weighted by Crippen LogP contribution is -2.11. The molecule has 14 heavy (non-hydrogen) atoms. The smallest absolute Gasteiger partial charge is 0.216 e. The van der Waals surface area contributed by atoms with Gasteiger partial charge in [0.15, 0.2) is 0 Å². The first-order valence-electron chi connectivity index (χ1n) is 4.11. The zero-order valence-corrected chi connectivity index (χ0v) is 8.57. The SMILES string of the molecule is CNC(C)=O.COc1ccc(O)cc1. The van der Waals surface area contributed by atoms with Crippen LogP contribution in [0.1, 0.15) is 6.92 Å². The third kappa shape index (κ3) is 5.88. The van der Waals surface area contributed by atoms with Gasteiger partial charge in [-0.15, -0.1) is 0 Å². The van der Waals surface area contributed by atoms with Gasteiger partial charge in [0.25, 0.3) is 0 Å². The molecule has 78 valence electrons. The van der Waals surface area contributed by atoms with Crippen molar-refractivity contribution in [3.63, 3.8) is 0 Å². The number of hydrogen-bond donors (Lipinski definition) is 2. The van der Waals surface area contributed by atoms with Crippen molar-refractivity contribution in [2.75, 3.05) is 14.2 Å². The fraction of sp³-hybridized carbons (Fsp3) is 0.300. The summed E-state index contributed by atoms with van der Waals surface area (Å²) in [7, 11) is 3.19. The molecule has 0 bridgehead atoms. The summed E-state index contributed by atoms with van der Waals surface area (Å²) in [5, 5.41) is 11.2. The Hall–Kier alpha value is -1.71. The standard InChI is InChI=1S/C7H8O2.C3H7NO/c1-9-7-4-2-6(8)3-5-7;1-3(5)4-2/h2-5,8H,1H3;1-2H3,(H,4,5). The number of rotatable bonds is 1. The molecule has 1 rings (SSSR count). The highest BCUT2D eigenvalue weighted by atomic mass is 16.5. The van der Waals surface area contributed by atoms with Crippen LogP contribution in [0.5, 0.6) is 11.5 Å². The molecule has 0 aliphatic carbocycles. The Bertz CT molecular complexity index is 269. The van der Waals surface area contributed by atoms with Crippen LogP contribution in [0.15, 0.2) is 24.3 Å². The molecule has 0 aliphatic rings. The van der Waals surface area contributed by atoms with E-state index in [1.807, 2.05) is 0 Å². The Morgan fingerprint density at radius 2 is 1.79 bits per heavy atom. The van der Waals surface area contributed by atoms with E-state index in [0.29, 0.717) is 0 Å². The molecule has 4 nitrogen and oxygen atoms in total. The van der Waals surface area contributed by atoms with Gasteiger partial charge >= 0.3 is 0 Å². The van der Waals surface area contributed by atoms with E-state index in [1.165, 1.54) is 6.92 Å². The number of phenols is 1. The van der Waals surface area contributed by atoms with Crippen LogP contribution in [0.4, 0.5) is 0 Å². The van der Waals surface area contributed by atoms with Crippen molar-refractivity contribution < 1.29 is 14.6 Å². The predicted molar refractivity (Wildman–Crippen MR) is 54.4 cm³/mol. The maximum atomic E-state index is 9.70. The van der Waals surface area contributed by atoms with Crippen LogP contribution in [-0.2, 0) is 4.79 Å². The van der Waals surface area contributed by atoms with Gasteiger partial charge in [-0.05, 0) is 24.3 Å². The molecule has 0 aliphatic heterocycles. The summed E-state index contributed by atoms with van der Waals surface area (Å²) in [5.74, 6) is 1.02. The van der Waals surface area contributed by atoms with Gasteiger partial charge in [-0.3, -0.25) is 4.79 Å². The molecule has 0 unspecified atom stereocenters. The van der Waals surface area contributed by atoms with E-state index in [1.54, 1.807) is 38.4 Å². The zero-order valence-electron chi connectivity index (χ0n) is 8.57. The quantitative estimate of drug-likeness (QED) is 0.710. The van der Waals surface area contributed by atoms with Gasteiger partial charge in [0, 0.05) is 14.0 Å². The number of carbonyl (C=O) groups excluding carboxylic acids is 1. The highest BCUT2D eigenvalue weighted by molar-refractivity contribution is 5.72. The van der Waals surface area contributed by atoms with Gasteiger partial charge in [0.05, 0.1) is 7.11 Å². The molecular formula is C10H15NO3. The molecule has 4 heteroatoms. The van der Waals surface area contributed by atoms with Crippen molar-refractivity contribution in [1.82, 2.24) is 5.32 Å². The number of aromatic hydroxyl groups is 1. The van der Waals surface area contributed by atoms with Gasteiger partial charge in [-0.2, -0.15) is 0 Å². The molecule has 0 radical (unpaired) electrons. The van der Waals surface area contributed by atoms with Crippen LogP contribution in [0, 0.1) is 0 Å². The van der Waals surface area contributed by atoms with Crippen molar-refractivity contribution in [3.05, 3.63) is 24.3 Å². The van der Waals surface area contributed by atoms with E-state index in [2.05, 4.69) is 5.32 Å². The van der Waals surface area contributed by atoms with Crippen molar-refractivity contribution >= 4 is 5.91 Å². The number of amides is 1. The first kappa shape index (κ1) is 12.3. The molecule has 1 amide bonds. The summed E-state index contributed by atoms with van der Waals surface area (Å²) in [6, 6.07) is 6.57. The number of ether oxygens (including phenoxy) is 1. The molecule has 0 atom stereocenters. The third-order valence-corrected chi connectivity index (χ3v) is 1.42. The number of nitrogens with one attached hydrogen (secondary N) is 1. The Labute approximate surface area is 83.5 Å². The van der Waals surface area contributed by atoms with Gasteiger partial charge in [-0.25, -0.2) is 0 Å². The summed E-state index contributed by atoms with van der Waals surface area (Å²) in [5.41, 5.74) is 0. The lowest BCUT2D eigenvalue weighted by atomic mass is 10.3. The molecule has 1 aromatic carbocycles. The third-order valence-electron chi connectivity index (χ3n) is 1.42. The second-order valence-corrected chi connectivity index (χ2v) is 2.50. The Morgan fingerprint density at radius 3 is 2.07 bits per heavy atom. The van der Waals surface area contributed by atoms with E-state index in [4.69, 9.17) is 9.84 Å². The maximum Gasteiger partial charge on any atom is 0.216 e. The molecule has 0 aromatic heterocycles. The summed E-state index contributed by atoms with van der Waals surface area (Å²) < 4.78 is 4.86. The van der Waals surface area contributed by atoms with E-state index < -0.39 is 0 Å². The molecule has 0 spiro atoms. The van der Waals surface area contributed by atoms with Crippen LogP contribution >= 0.6 is 0 Å².